The predicted octanol–water partition coefficient (Wildman–Crippen LogP) is 8.95. The molecular weight excluding hydrogens is 388 g/mol. The van der Waals surface area contributed by atoms with E-state index in [2.05, 4.69) is 62.4 Å². The Kier molecular flexibility index (Phi) is 7.38. The molecule has 0 amide bonds. The average Bonchev–Trinajstić information content (AvgIpc) is 2.73. The molecule has 0 radical (unpaired) electrons. The van der Waals surface area contributed by atoms with Crippen LogP contribution in [-0.2, 0) is 0 Å². The van der Waals surface area contributed by atoms with Gasteiger partial charge in [0.25, 0.3) is 0 Å². The zero-order valence-electron chi connectivity index (χ0n) is 17.7. The van der Waals surface area contributed by atoms with E-state index in [-0.39, 0.29) is 12.0 Å². The topological polar surface area (TPSA) is 0 Å². The monoisotopic (exact) mass is 418 g/mol. The maximum Gasteiger partial charge on any atom is 0.412 e. The van der Waals surface area contributed by atoms with E-state index >= 15 is 0 Å². The second-order valence-electron chi connectivity index (χ2n) is 8.55. The van der Waals surface area contributed by atoms with E-state index < -0.39 is 17.9 Å². The largest absolute Gasteiger partial charge is 0.412 e. The van der Waals surface area contributed by atoms with Gasteiger partial charge in [0.2, 0.25) is 0 Å². The van der Waals surface area contributed by atoms with Crippen molar-refractivity contribution in [3.63, 3.8) is 0 Å². The molecule has 0 bridgehead atoms. The molecule has 0 saturated heterocycles. The maximum atomic E-state index is 13.8. The van der Waals surface area contributed by atoms with Crippen LogP contribution < -0.4 is 0 Å². The van der Waals surface area contributed by atoms with E-state index in [1.807, 2.05) is 0 Å². The average molecular weight is 419 g/mol. The van der Waals surface area contributed by atoms with Crippen molar-refractivity contribution in [2.75, 3.05) is 0 Å². The van der Waals surface area contributed by atoms with Crippen LogP contribution in [0, 0.1) is 5.92 Å². The number of hydrogen-bond donors (Lipinski definition) is 0. The van der Waals surface area contributed by atoms with Crippen LogP contribution in [-0.4, -0.2) is 6.18 Å². The number of benzene rings is 2. The number of halogens is 4. The molecule has 1 unspecified atom stereocenters. The number of allylic oxidation sites excluding steroid dienone is 2. The Morgan fingerprint density at radius 3 is 1.97 bits per heavy atom. The highest BCUT2D eigenvalue weighted by Gasteiger charge is 2.30. The van der Waals surface area contributed by atoms with Gasteiger partial charge < -0.3 is 0 Å². The van der Waals surface area contributed by atoms with E-state index in [1.165, 1.54) is 29.5 Å². The fraction of sp³-hybridized carbons (Fsp3) is 0.462. The Morgan fingerprint density at radius 1 is 0.933 bits per heavy atom. The Labute approximate surface area is 177 Å². The summed E-state index contributed by atoms with van der Waals surface area (Å²) >= 11 is 0. The van der Waals surface area contributed by atoms with Crippen LogP contribution in [0.3, 0.4) is 0 Å². The van der Waals surface area contributed by atoms with Gasteiger partial charge in [0.1, 0.15) is 5.83 Å². The minimum Gasteiger partial charge on any atom is -0.212 e. The lowest BCUT2D eigenvalue weighted by atomic mass is 9.78. The standard InChI is InChI=1S/C26H30F4/c1-3-4-18(2)19-5-7-20(8-6-19)21-9-11-22(12-10-21)23-13-15-24(16-14-23)25(27)17-26(28,29)30/h5-12,17-18,23-24H,3-4,13-16H2,1-2H3/b25-17-. The molecule has 162 valence electrons. The highest BCUT2D eigenvalue weighted by Crippen LogP contribution is 2.40. The maximum absolute atomic E-state index is 13.8. The molecule has 1 aliphatic carbocycles. The quantitative estimate of drug-likeness (QED) is 0.411. The van der Waals surface area contributed by atoms with E-state index in [4.69, 9.17) is 0 Å². The van der Waals surface area contributed by atoms with Crippen LogP contribution in [0.25, 0.3) is 11.1 Å². The van der Waals surface area contributed by atoms with Crippen molar-refractivity contribution in [1.29, 1.82) is 0 Å². The Morgan fingerprint density at radius 2 is 1.47 bits per heavy atom. The summed E-state index contributed by atoms with van der Waals surface area (Å²) in [6, 6.07) is 17.2. The fourth-order valence-electron chi connectivity index (χ4n) is 4.53. The summed E-state index contributed by atoms with van der Waals surface area (Å²) in [4.78, 5) is 0. The highest BCUT2D eigenvalue weighted by molar-refractivity contribution is 5.64. The zero-order valence-corrected chi connectivity index (χ0v) is 17.7. The molecular formula is C26H30F4. The van der Waals surface area contributed by atoms with Crippen molar-refractivity contribution in [2.24, 2.45) is 5.92 Å². The molecule has 1 aliphatic rings. The van der Waals surface area contributed by atoms with Gasteiger partial charge in [-0.3, -0.25) is 0 Å². The number of hydrogen-bond acceptors (Lipinski definition) is 0. The van der Waals surface area contributed by atoms with Crippen molar-refractivity contribution in [2.45, 2.75) is 70.4 Å². The summed E-state index contributed by atoms with van der Waals surface area (Å²) in [7, 11) is 0. The zero-order chi connectivity index (χ0) is 21.7. The van der Waals surface area contributed by atoms with Gasteiger partial charge >= 0.3 is 6.18 Å². The lowest BCUT2D eigenvalue weighted by Gasteiger charge is -2.28. The molecule has 2 aromatic carbocycles. The molecule has 1 fully saturated rings. The minimum absolute atomic E-state index is 0.180. The third-order valence-corrected chi connectivity index (χ3v) is 6.34. The van der Waals surface area contributed by atoms with E-state index in [1.54, 1.807) is 0 Å². The van der Waals surface area contributed by atoms with Crippen molar-refractivity contribution >= 4 is 0 Å². The van der Waals surface area contributed by atoms with Crippen LogP contribution in [0.4, 0.5) is 17.6 Å². The van der Waals surface area contributed by atoms with Crippen LogP contribution in [0.15, 0.2) is 60.4 Å². The molecule has 0 spiro atoms. The predicted molar refractivity (Wildman–Crippen MR) is 115 cm³/mol. The van der Waals surface area contributed by atoms with Crippen LogP contribution >= 0.6 is 0 Å². The van der Waals surface area contributed by atoms with E-state index in [9.17, 15) is 17.6 Å². The van der Waals surface area contributed by atoms with Gasteiger partial charge in [0, 0.05) is 5.92 Å². The van der Waals surface area contributed by atoms with Crippen molar-refractivity contribution in [3.05, 3.63) is 71.6 Å². The van der Waals surface area contributed by atoms with Gasteiger partial charge in [-0.25, -0.2) is 4.39 Å². The second kappa shape index (κ2) is 9.80. The molecule has 0 heterocycles. The molecule has 1 atom stereocenters. The van der Waals surface area contributed by atoms with Crippen molar-refractivity contribution < 1.29 is 17.6 Å². The SMILES string of the molecule is CCCC(C)c1ccc(-c2ccc(C3CCC(/C(F)=C/C(F)(F)F)CC3)cc2)cc1. The molecule has 1 saturated carbocycles. The molecule has 0 nitrogen and oxygen atoms in total. The van der Waals surface area contributed by atoms with Crippen LogP contribution in [0.1, 0.15) is 75.3 Å². The third-order valence-electron chi connectivity index (χ3n) is 6.34. The Hall–Kier alpha value is -2.10. The molecule has 0 aliphatic heterocycles. The molecule has 0 N–H and O–H groups in total. The normalized spacial score (nSPS) is 21.5. The summed E-state index contributed by atoms with van der Waals surface area (Å²) in [5.41, 5.74) is 4.88. The molecule has 2 aromatic rings. The van der Waals surface area contributed by atoms with Gasteiger partial charge in [-0.15, -0.1) is 0 Å². The Bertz CT molecular complexity index is 823. The van der Waals surface area contributed by atoms with Gasteiger partial charge in [-0.2, -0.15) is 13.2 Å². The van der Waals surface area contributed by atoms with Crippen LogP contribution in [0.5, 0.6) is 0 Å². The van der Waals surface area contributed by atoms with Crippen molar-refractivity contribution in [3.8, 4) is 11.1 Å². The second-order valence-corrected chi connectivity index (χ2v) is 8.55. The van der Waals surface area contributed by atoms with Crippen molar-refractivity contribution in [1.82, 2.24) is 0 Å². The fourth-order valence-corrected chi connectivity index (χ4v) is 4.53. The first-order valence-electron chi connectivity index (χ1n) is 10.9. The molecule has 30 heavy (non-hydrogen) atoms. The number of alkyl halides is 3. The molecule has 3 rings (SSSR count). The van der Waals surface area contributed by atoms with Crippen LogP contribution in [0.2, 0.25) is 0 Å². The smallest absolute Gasteiger partial charge is 0.212 e. The lowest BCUT2D eigenvalue weighted by Crippen LogP contribution is -2.15. The summed E-state index contributed by atoms with van der Waals surface area (Å²) in [5.74, 6) is -0.771. The first kappa shape index (κ1) is 22.6. The third kappa shape index (κ3) is 5.96. The van der Waals surface area contributed by atoms with Gasteiger partial charge in [0.05, 0.1) is 6.08 Å². The minimum atomic E-state index is -4.58. The van der Waals surface area contributed by atoms with Gasteiger partial charge in [-0.05, 0) is 66.2 Å². The molecule has 4 heteroatoms. The first-order valence-corrected chi connectivity index (χ1v) is 10.9. The van der Waals surface area contributed by atoms with E-state index in [0.29, 0.717) is 31.6 Å². The molecule has 0 aromatic heterocycles. The highest BCUT2D eigenvalue weighted by atomic mass is 19.4. The van der Waals surface area contributed by atoms with E-state index in [0.717, 1.165) is 5.56 Å². The summed E-state index contributed by atoms with van der Waals surface area (Å²) in [6.45, 7) is 4.46. The Balaban J connectivity index is 1.61. The van der Waals surface area contributed by atoms with Gasteiger partial charge in [0.15, 0.2) is 0 Å². The summed E-state index contributed by atoms with van der Waals surface area (Å²) in [6.07, 6.45) is -0.0431. The summed E-state index contributed by atoms with van der Waals surface area (Å²) < 4.78 is 50.9. The first-order chi connectivity index (χ1) is 14.3. The number of rotatable bonds is 6. The van der Waals surface area contributed by atoms with Gasteiger partial charge in [-0.1, -0.05) is 68.8 Å². The summed E-state index contributed by atoms with van der Waals surface area (Å²) in [5, 5.41) is 0. The lowest BCUT2D eigenvalue weighted by molar-refractivity contribution is -0.0820.